The third kappa shape index (κ3) is 4.06. The van der Waals surface area contributed by atoms with Gasteiger partial charge in [-0.1, -0.05) is 0 Å². The molecule has 0 radical (unpaired) electrons. The minimum atomic E-state index is -0.553. The van der Waals surface area contributed by atoms with Crippen LogP contribution in [0, 0.1) is 0 Å². The number of primary amides is 1. The van der Waals surface area contributed by atoms with Crippen molar-refractivity contribution in [2.75, 3.05) is 19.6 Å². The van der Waals surface area contributed by atoms with Gasteiger partial charge in [0.1, 0.15) is 6.54 Å². The number of aromatic nitrogens is 2. The molecule has 1 unspecified atom stereocenters. The van der Waals surface area contributed by atoms with E-state index < -0.39 is 5.91 Å². The van der Waals surface area contributed by atoms with Crippen LogP contribution in [-0.4, -0.2) is 41.2 Å². The first-order valence-electron chi connectivity index (χ1n) is 6.44. The third-order valence-corrected chi connectivity index (χ3v) is 3.14. The van der Waals surface area contributed by atoms with Crippen LogP contribution >= 0.6 is 0 Å². The monoisotopic (exact) mass is 265 g/mol. The van der Waals surface area contributed by atoms with Crippen molar-refractivity contribution in [1.82, 2.24) is 20.4 Å². The summed E-state index contributed by atoms with van der Waals surface area (Å²) in [6, 6.07) is 1.94. The summed E-state index contributed by atoms with van der Waals surface area (Å²) in [5.41, 5.74) is 5.96. The second-order valence-electron chi connectivity index (χ2n) is 4.72. The number of nitrogens with one attached hydrogen (secondary N) is 2. The summed E-state index contributed by atoms with van der Waals surface area (Å²) < 4.78 is 1.58. The average Bonchev–Trinajstić information content (AvgIpc) is 2.86. The Labute approximate surface area is 111 Å². The maximum atomic E-state index is 11.5. The molecule has 1 aromatic heterocycles. The summed E-state index contributed by atoms with van der Waals surface area (Å²) >= 11 is 0. The van der Waals surface area contributed by atoms with Crippen molar-refractivity contribution >= 4 is 11.8 Å². The van der Waals surface area contributed by atoms with Crippen LogP contribution in [0.4, 0.5) is 0 Å². The second kappa shape index (κ2) is 6.33. The smallest absolute Gasteiger partial charge is 0.242 e. The molecule has 1 fully saturated rings. The molecule has 2 amide bonds. The van der Waals surface area contributed by atoms with Gasteiger partial charge in [-0.25, -0.2) is 0 Å². The molecule has 0 aliphatic carbocycles. The van der Waals surface area contributed by atoms with E-state index in [9.17, 15) is 9.59 Å². The van der Waals surface area contributed by atoms with Gasteiger partial charge in [0.2, 0.25) is 11.8 Å². The van der Waals surface area contributed by atoms with E-state index in [4.69, 9.17) is 5.73 Å². The number of hydrogen-bond donors (Lipinski definition) is 3. The van der Waals surface area contributed by atoms with Gasteiger partial charge >= 0.3 is 0 Å². The second-order valence-corrected chi connectivity index (χ2v) is 4.72. The Kier molecular flexibility index (Phi) is 4.51. The van der Waals surface area contributed by atoms with Gasteiger partial charge in [-0.2, -0.15) is 5.10 Å². The number of piperidine rings is 1. The number of rotatable bonds is 5. The lowest BCUT2D eigenvalue weighted by molar-refractivity contribution is -0.125. The number of amides is 2. The van der Waals surface area contributed by atoms with E-state index in [1.54, 1.807) is 10.9 Å². The average molecular weight is 265 g/mol. The highest BCUT2D eigenvalue weighted by atomic mass is 16.2. The minimum Gasteiger partial charge on any atom is -0.368 e. The molecule has 0 bridgehead atoms. The first-order valence-corrected chi connectivity index (χ1v) is 6.44. The predicted octanol–water partition coefficient (Wildman–Crippen LogP) is -1.05. The maximum Gasteiger partial charge on any atom is 0.242 e. The fourth-order valence-corrected chi connectivity index (χ4v) is 2.18. The fourth-order valence-electron chi connectivity index (χ4n) is 2.18. The highest BCUT2D eigenvalue weighted by Crippen LogP contribution is 2.20. The lowest BCUT2D eigenvalue weighted by atomic mass is 9.97. The Morgan fingerprint density at radius 3 is 3.11 bits per heavy atom. The van der Waals surface area contributed by atoms with Crippen molar-refractivity contribution < 1.29 is 9.59 Å². The van der Waals surface area contributed by atoms with Crippen molar-refractivity contribution in [3.8, 4) is 0 Å². The Hall–Kier alpha value is -1.89. The molecule has 1 aliphatic heterocycles. The largest absolute Gasteiger partial charge is 0.368 e. The third-order valence-electron chi connectivity index (χ3n) is 3.14. The SMILES string of the molecule is NC(=O)CNC(=O)Cn1ccc(C2CCCNC2)n1. The van der Waals surface area contributed by atoms with E-state index in [0.29, 0.717) is 5.92 Å². The molecule has 1 saturated heterocycles. The van der Waals surface area contributed by atoms with Crippen LogP contribution in [0.3, 0.4) is 0 Å². The van der Waals surface area contributed by atoms with E-state index in [1.165, 1.54) is 0 Å². The van der Waals surface area contributed by atoms with Gasteiger partial charge in [0, 0.05) is 18.7 Å². The van der Waals surface area contributed by atoms with E-state index in [1.807, 2.05) is 6.07 Å². The van der Waals surface area contributed by atoms with Crippen molar-refractivity contribution in [3.05, 3.63) is 18.0 Å². The first kappa shape index (κ1) is 13.5. The molecule has 1 aromatic rings. The lowest BCUT2D eigenvalue weighted by Gasteiger charge is -2.20. The quantitative estimate of drug-likeness (QED) is 0.632. The molecule has 1 aliphatic rings. The molecular formula is C12H19N5O2. The van der Waals surface area contributed by atoms with Crippen molar-refractivity contribution in [3.63, 3.8) is 0 Å². The van der Waals surface area contributed by atoms with Crippen LogP contribution in [0.2, 0.25) is 0 Å². The van der Waals surface area contributed by atoms with Crippen LogP contribution in [0.15, 0.2) is 12.3 Å². The number of nitrogens with two attached hydrogens (primary N) is 1. The van der Waals surface area contributed by atoms with Crippen LogP contribution in [0.1, 0.15) is 24.5 Å². The lowest BCUT2D eigenvalue weighted by Crippen LogP contribution is -2.35. The van der Waals surface area contributed by atoms with E-state index in [2.05, 4.69) is 15.7 Å². The molecular weight excluding hydrogens is 246 g/mol. The number of nitrogens with zero attached hydrogens (tertiary/aromatic N) is 2. The maximum absolute atomic E-state index is 11.5. The number of carbonyl (C=O) groups excluding carboxylic acids is 2. The summed E-state index contributed by atoms with van der Waals surface area (Å²) in [6.45, 7) is 1.96. The molecule has 4 N–H and O–H groups in total. The number of carbonyl (C=O) groups is 2. The van der Waals surface area contributed by atoms with Crippen LogP contribution < -0.4 is 16.4 Å². The Bertz CT molecular complexity index is 451. The molecule has 2 heterocycles. The van der Waals surface area contributed by atoms with Crippen LogP contribution in [0.25, 0.3) is 0 Å². The Morgan fingerprint density at radius 1 is 1.58 bits per heavy atom. The summed E-state index contributed by atoms with van der Waals surface area (Å²) in [7, 11) is 0. The topological polar surface area (TPSA) is 102 Å². The molecule has 0 saturated carbocycles. The van der Waals surface area contributed by atoms with Gasteiger partial charge in [0.25, 0.3) is 0 Å². The Balaban J connectivity index is 1.86. The van der Waals surface area contributed by atoms with Crippen molar-refractivity contribution in [1.29, 1.82) is 0 Å². The molecule has 0 spiro atoms. The zero-order valence-electron chi connectivity index (χ0n) is 10.8. The van der Waals surface area contributed by atoms with E-state index in [0.717, 1.165) is 31.6 Å². The summed E-state index contributed by atoms with van der Waals surface area (Å²) in [5.74, 6) is -0.401. The molecule has 2 rings (SSSR count). The standard InChI is InChI=1S/C12H19N5O2/c13-11(18)7-15-12(19)8-17-5-3-10(16-17)9-2-1-4-14-6-9/h3,5,9,14H,1-2,4,6-8H2,(H2,13,18)(H,15,19). The van der Waals surface area contributed by atoms with Crippen molar-refractivity contribution in [2.24, 2.45) is 5.73 Å². The molecule has 7 nitrogen and oxygen atoms in total. The van der Waals surface area contributed by atoms with Crippen LogP contribution in [-0.2, 0) is 16.1 Å². The molecule has 19 heavy (non-hydrogen) atoms. The van der Waals surface area contributed by atoms with Crippen LogP contribution in [0.5, 0.6) is 0 Å². The molecule has 104 valence electrons. The molecule has 0 aromatic carbocycles. The minimum absolute atomic E-state index is 0.105. The summed E-state index contributed by atoms with van der Waals surface area (Å²) in [4.78, 5) is 22.1. The number of hydrogen-bond acceptors (Lipinski definition) is 4. The van der Waals surface area contributed by atoms with Gasteiger partial charge in [-0.05, 0) is 25.5 Å². The van der Waals surface area contributed by atoms with Gasteiger partial charge in [-0.3, -0.25) is 14.3 Å². The fraction of sp³-hybridized carbons (Fsp3) is 0.583. The van der Waals surface area contributed by atoms with Gasteiger partial charge in [-0.15, -0.1) is 0 Å². The summed E-state index contributed by atoms with van der Waals surface area (Å²) in [6.07, 6.45) is 4.06. The van der Waals surface area contributed by atoms with Gasteiger partial charge < -0.3 is 16.4 Å². The van der Waals surface area contributed by atoms with E-state index in [-0.39, 0.29) is 19.0 Å². The Morgan fingerprint density at radius 2 is 2.42 bits per heavy atom. The highest BCUT2D eigenvalue weighted by molar-refractivity contribution is 5.83. The first-order chi connectivity index (χ1) is 9.15. The van der Waals surface area contributed by atoms with Gasteiger partial charge in [0.05, 0.1) is 12.2 Å². The van der Waals surface area contributed by atoms with Crippen molar-refractivity contribution in [2.45, 2.75) is 25.3 Å². The van der Waals surface area contributed by atoms with Gasteiger partial charge in [0.15, 0.2) is 0 Å². The molecule has 7 heteroatoms. The summed E-state index contributed by atoms with van der Waals surface area (Å²) in [5, 5.41) is 10.2. The predicted molar refractivity (Wildman–Crippen MR) is 69.3 cm³/mol. The zero-order valence-corrected chi connectivity index (χ0v) is 10.8. The zero-order chi connectivity index (χ0) is 13.7. The highest BCUT2D eigenvalue weighted by Gasteiger charge is 2.17. The van der Waals surface area contributed by atoms with E-state index >= 15 is 0 Å². The normalized spacial score (nSPS) is 19.1. The molecule has 1 atom stereocenters.